The van der Waals surface area contributed by atoms with Gasteiger partial charge in [0.1, 0.15) is 0 Å². The van der Waals surface area contributed by atoms with Gasteiger partial charge in [0, 0.05) is 19.1 Å². The van der Waals surface area contributed by atoms with E-state index in [-0.39, 0.29) is 12.1 Å². The van der Waals surface area contributed by atoms with Crippen LogP contribution in [0, 0.1) is 5.41 Å². The predicted molar refractivity (Wildman–Crippen MR) is 67.3 cm³/mol. The molecule has 0 aromatic carbocycles. The van der Waals surface area contributed by atoms with Crippen LogP contribution in [0.3, 0.4) is 0 Å². The summed E-state index contributed by atoms with van der Waals surface area (Å²) in [4.78, 5) is 25.3. The van der Waals surface area contributed by atoms with Crippen molar-refractivity contribution >= 4 is 12.0 Å². The molecule has 2 amide bonds. The highest BCUT2D eigenvalue weighted by molar-refractivity contribution is 5.79. The van der Waals surface area contributed by atoms with Gasteiger partial charge in [-0.15, -0.1) is 0 Å². The van der Waals surface area contributed by atoms with Gasteiger partial charge in [-0.1, -0.05) is 12.8 Å². The van der Waals surface area contributed by atoms with Crippen molar-refractivity contribution in [3.8, 4) is 0 Å². The quantitative estimate of drug-likeness (QED) is 0.789. The minimum atomic E-state index is -0.812. The van der Waals surface area contributed by atoms with Gasteiger partial charge in [-0.2, -0.15) is 0 Å². The average Bonchev–Trinajstić information content (AvgIpc) is 2.85. The SMILES string of the molecule is CC1(C(=O)O)CCCCC1NC(=O)N1CCCC1. The molecule has 0 bridgehead atoms. The monoisotopic (exact) mass is 254 g/mol. The third-order valence-corrected chi connectivity index (χ3v) is 4.39. The summed E-state index contributed by atoms with van der Waals surface area (Å²) in [5.74, 6) is -0.797. The van der Waals surface area contributed by atoms with E-state index in [1.165, 1.54) is 0 Å². The summed E-state index contributed by atoms with van der Waals surface area (Å²) in [6, 6.07) is -0.330. The third-order valence-electron chi connectivity index (χ3n) is 4.39. The molecule has 1 saturated heterocycles. The zero-order valence-corrected chi connectivity index (χ0v) is 10.9. The van der Waals surface area contributed by atoms with Crippen LogP contribution < -0.4 is 5.32 Å². The van der Waals surface area contributed by atoms with E-state index in [4.69, 9.17) is 0 Å². The molecule has 1 aliphatic carbocycles. The summed E-state index contributed by atoms with van der Waals surface area (Å²) in [5, 5.41) is 12.3. The molecule has 0 radical (unpaired) electrons. The number of carbonyl (C=O) groups is 2. The standard InChI is InChI=1S/C13H22N2O3/c1-13(11(16)17)7-3-2-6-10(13)14-12(18)15-8-4-5-9-15/h10H,2-9H2,1H3,(H,14,18)(H,16,17). The number of rotatable bonds is 2. The number of carboxylic acid groups (broad SMARTS) is 1. The van der Waals surface area contributed by atoms with Crippen molar-refractivity contribution < 1.29 is 14.7 Å². The van der Waals surface area contributed by atoms with Crippen LogP contribution in [-0.2, 0) is 4.79 Å². The lowest BCUT2D eigenvalue weighted by Gasteiger charge is -2.39. The second-order valence-electron chi connectivity index (χ2n) is 5.66. The Labute approximate surface area is 108 Å². The fourth-order valence-corrected chi connectivity index (χ4v) is 2.98. The molecular weight excluding hydrogens is 232 g/mol. The van der Waals surface area contributed by atoms with Crippen LogP contribution in [0.1, 0.15) is 45.4 Å². The Hall–Kier alpha value is -1.26. The molecule has 5 nitrogen and oxygen atoms in total. The molecule has 2 fully saturated rings. The lowest BCUT2D eigenvalue weighted by Crippen LogP contribution is -2.54. The summed E-state index contributed by atoms with van der Waals surface area (Å²) < 4.78 is 0. The number of hydrogen-bond acceptors (Lipinski definition) is 2. The van der Waals surface area contributed by atoms with Gasteiger partial charge >= 0.3 is 12.0 Å². The van der Waals surface area contributed by atoms with Gasteiger partial charge in [-0.05, 0) is 32.6 Å². The van der Waals surface area contributed by atoms with E-state index in [9.17, 15) is 14.7 Å². The first kappa shape index (κ1) is 13.2. The number of amides is 2. The Balaban J connectivity index is 2.01. The molecule has 1 aliphatic heterocycles. The number of carboxylic acids is 1. The Morgan fingerprint density at radius 1 is 1.22 bits per heavy atom. The number of nitrogens with one attached hydrogen (secondary N) is 1. The van der Waals surface area contributed by atoms with Crippen molar-refractivity contribution in [1.82, 2.24) is 10.2 Å². The molecule has 0 spiro atoms. The largest absolute Gasteiger partial charge is 0.481 e. The molecule has 5 heteroatoms. The van der Waals surface area contributed by atoms with E-state index in [2.05, 4.69) is 5.32 Å². The number of likely N-dealkylation sites (tertiary alicyclic amines) is 1. The molecule has 2 aliphatic rings. The average molecular weight is 254 g/mol. The first-order valence-corrected chi connectivity index (χ1v) is 6.83. The Kier molecular flexibility index (Phi) is 3.78. The zero-order valence-electron chi connectivity index (χ0n) is 10.9. The maximum atomic E-state index is 12.0. The van der Waals surface area contributed by atoms with Crippen molar-refractivity contribution in [1.29, 1.82) is 0 Å². The number of aliphatic carboxylic acids is 1. The lowest BCUT2D eigenvalue weighted by atomic mass is 9.72. The summed E-state index contributed by atoms with van der Waals surface area (Å²) >= 11 is 0. The number of nitrogens with zero attached hydrogens (tertiary/aromatic N) is 1. The van der Waals surface area contributed by atoms with Gasteiger partial charge in [0.2, 0.25) is 0 Å². The highest BCUT2D eigenvalue weighted by atomic mass is 16.4. The summed E-state index contributed by atoms with van der Waals surface area (Å²) in [7, 11) is 0. The number of hydrogen-bond donors (Lipinski definition) is 2. The van der Waals surface area contributed by atoms with Gasteiger partial charge in [0.15, 0.2) is 0 Å². The van der Waals surface area contributed by atoms with Crippen molar-refractivity contribution in [3.63, 3.8) is 0 Å². The van der Waals surface area contributed by atoms with Crippen LogP contribution in [0.2, 0.25) is 0 Å². The molecule has 2 atom stereocenters. The molecule has 2 rings (SSSR count). The molecule has 1 saturated carbocycles. The third kappa shape index (κ3) is 2.44. The van der Waals surface area contributed by atoms with E-state index < -0.39 is 11.4 Å². The minimum Gasteiger partial charge on any atom is -0.481 e. The van der Waals surface area contributed by atoms with Crippen molar-refractivity contribution in [2.24, 2.45) is 5.41 Å². The second kappa shape index (κ2) is 5.16. The van der Waals surface area contributed by atoms with Crippen LogP contribution in [0.4, 0.5) is 4.79 Å². The van der Waals surface area contributed by atoms with Crippen molar-refractivity contribution in [2.45, 2.75) is 51.5 Å². The van der Waals surface area contributed by atoms with E-state index >= 15 is 0 Å². The lowest BCUT2D eigenvalue weighted by molar-refractivity contribution is -0.151. The van der Waals surface area contributed by atoms with Gasteiger partial charge in [0.05, 0.1) is 5.41 Å². The first-order chi connectivity index (χ1) is 8.54. The van der Waals surface area contributed by atoms with E-state index in [1.54, 1.807) is 11.8 Å². The number of urea groups is 1. The van der Waals surface area contributed by atoms with Crippen molar-refractivity contribution in [3.05, 3.63) is 0 Å². The highest BCUT2D eigenvalue weighted by Crippen LogP contribution is 2.36. The van der Waals surface area contributed by atoms with Crippen LogP contribution in [0.25, 0.3) is 0 Å². The zero-order chi connectivity index (χ0) is 13.2. The maximum Gasteiger partial charge on any atom is 0.317 e. The van der Waals surface area contributed by atoms with Gasteiger partial charge in [-0.3, -0.25) is 4.79 Å². The van der Waals surface area contributed by atoms with Crippen LogP contribution in [0.5, 0.6) is 0 Å². The molecule has 2 N–H and O–H groups in total. The molecule has 102 valence electrons. The summed E-state index contributed by atoms with van der Waals surface area (Å²) in [5.41, 5.74) is -0.812. The first-order valence-electron chi connectivity index (χ1n) is 6.83. The number of carbonyl (C=O) groups excluding carboxylic acids is 1. The Morgan fingerprint density at radius 2 is 1.89 bits per heavy atom. The fourth-order valence-electron chi connectivity index (χ4n) is 2.98. The molecule has 0 aromatic heterocycles. The van der Waals surface area contributed by atoms with Gasteiger partial charge in [-0.25, -0.2) is 4.79 Å². The topological polar surface area (TPSA) is 69.6 Å². The molecular formula is C13H22N2O3. The van der Waals surface area contributed by atoms with Crippen molar-refractivity contribution in [2.75, 3.05) is 13.1 Å². The second-order valence-corrected chi connectivity index (χ2v) is 5.66. The van der Waals surface area contributed by atoms with Gasteiger partial charge in [0.25, 0.3) is 0 Å². The molecule has 0 aromatic rings. The summed E-state index contributed by atoms with van der Waals surface area (Å²) in [6.07, 6.45) is 5.44. The smallest absolute Gasteiger partial charge is 0.317 e. The van der Waals surface area contributed by atoms with Gasteiger partial charge < -0.3 is 15.3 Å². The molecule has 1 heterocycles. The molecule has 2 unspecified atom stereocenters. The van der Waals surface area contributed by atoms with Crippen LogP contribution in [0.15, 0.2) is 0 Å². The fraction of sp³-hybridized carbons (Fsp3) is 0.846. The van der Waals surface area contributed by atoms with Crippen LogP contribution >= 0.6 is 0 Å². The van der Waals surface area contributed by atoms with Crippen LogP contribution in [-0.4, -0.2) is 41.1 Å². The summed E-state index contributed by atoms with van der Waals surface area (Å²) in [6.45, 7) is 3.34. The normalized spacial score (nSPS) is 32.3. The predicted octanol–water partition coefficient (Wildman–Crippen LogP) is 1.83. The van der Waals surface area contributed by atoms with E-state index in [0.29, 0.717) is 6.42 Å². The highest BCUT2D eigenvalue weighted by Gasteiger charge is 2.44. The maximum absolute atomic E-state index is 12.0. The van der Waals surface area contributed by atoms with E-state index in [0.717, 1.165) is 45.2 Å². The van der Waals surface area contributed by atoms with E-state index in [1.807, 2.05) is 0 Å². The Morgan fingerprint density at radius 3 is 2.50 bits per heavy atom. The Bertz CT molecular complexity index is 339. The molecule has 18 heavy (non-hydrogen) atoms. The minimum absolute atomic E-state index is 0.0909.